The van der Waals surface area contributed by atoms with Gasteiger partial charge in [0.1, 0.15) is 12.7 Å². The molecule has 0 radical (unpaired) electrons. The Balaban J connectivity index is 1.84. The summed E-state index contributed by atoms with van der Waals surface area (Å²) in [5, 5.41) is 2.88. The molecule has 0 saturated carbocycles. The number of nitrogens with one attached hydrogen (secondary N) is 1. The van der Waals surface area contributed by atoms with Crippen LogP contribution in [-0.4, -0.2) is 42.6 Å². The molecule has 1 N–H and O–H groups in total. The zero-order valence-electron chi connectivity index (χ0n) is 13.2. The van der Waals surface area contributed by atoms with Gasteiger partial charge in [0, 0.05) is 5.75 Å². The second kappa shape index (κ2) is 7.85. The molecule has 5 nitrogen and oxygen atoms in total. The third-order valence-corrected chi connectivity index (χ3v) is 4.03. The molecule has 0 aromatic heterocycles. The molecule has 0 bridgehead atoms. The van der Waals surface area contributed by atoms with E-state index in [1.165, 1.54) is 0 Å². The van der Waals surface area contributed by atoms with E-state index in [9.17, 15) is 4.79 Å². The molecule has 1 aliphatic heterocycles. The predicted octanol–water partition coefficient (Wildman–Crippen LogP) is 2.80. The maximum atomic E-state index is 12.0. The van der Waals surface area contributed by atoms with E-state index in [2.05, 4.69) is 5.32 Å². The fourth-order valence-corrected chi connectivity index (χ4v) is 2.91. The summed E-state index contributed by atoms with van der Waals surface area (Å²) in [6.45, 7) is 4.47. The molecular formula is C16H23NO4S. The number of carbonyl (C=O) groups excluding carboxylic acids is 1. The summed E-state index contributed by atoms with van der Waals surface area (Å²) in [5.74, 6) is 0.140. The van der Waals surface area contributed by atoms with Gasteiger partial charge in [-0.05, 0) is 25.7 Å². The van der Waals surface area contributed by atoms with E-state index in [1.54, 1.807) is 11.8 Å². The molecule has 1 heterocycles. The van der Waals surface area contributed by atoms with Crippen molar-refractivity contribution in [3.8, 4) is 0 Å². The highest BCUT2D eigenvalue weighted by atomic mass is 32.2. The molecule has 1 amide bonds. The molecule has 2 rings (SSSR count). The van der Waals surface area contributed by atoms with Gasteiger partial charge in [-0.2, -0.15) is 11.8 Å². The average molecular weight is 325 g/mol. The number of thioether (sulfide) groups is 1. The van der Waals surface area contributed by atoms with Crippen LogP contribution < -0.4 is 5.32 Å². The SMILES string of the molecule is CSC[C@H](NC(=O)OCc1ccccc1)[C@@H]1COC(C)(C)O1. The van der Waals surface area contributed by atoms with Gasteiger partial charge in [0.2, 0.25) is 0 Å². The van der Waals surface area contributed by atoms with Gasteiger partial charge in [0.25, 0.3) is 0 Å². The Hall–Kier alpha value is -1.24. The van der Waals surface area contributed by atoms with E-state index in [0.29, 0.717) is 6.61 Å². The van der Waals surface area contributed by atoms with E-state index in [1.807, 2.05) is 50.4 Å². The zero-order valence-corrected chi connectivity index (χ0v) is 14.0. The average Bonchev–Trinajstić information content (AvgIpc) is 2.86. The van der Waals surface area contributed by atoms with Crippen LogP contribution in [0.15, 0.2) is 30.3 Å². The van der Waals surface area contributed by atoms with Crippen LogP contribution in [0.2, 0.25) is 0 Å². The van der Waals surface area contributed by atoms with Crippen LogP contribution in [0.3, 0.4) is 0 Å². The van der Waals surface area contributed by atoms with E-state index < -0.39 is 11.9 Å². The predicted molar refractivity (Wildman–Crippen MR) is 86.8 cm³/mol. The summed E-state index contributed by atoms with van der Waals surface area (Å²) in [5.41, 5.74) is 0.959. The van der Waals surface area contributed by atoms with Crippen molar-refractivity contribution < 1.29 is 19.0 Å². The lowest BCUT2D eigenvalue weighted by Gasteiger charge is -2.24. The lowest BCUT2D eigenvalue weighted by Crippen LogP contribution is -2.46. The molecule has 122 valence electrons. The molecule has 6 heteroatoms. The minimum absolute atomic E-state index is 0.139. The van der Waals surface area contributed by atoms with Crippen molar-refractivity contribution >= 4 is 17.9 Å². The second-order valence-electron chi connectivity index (χ2n) is 5.64. The fourth-order valence-electron chi connectivity index (χ4n) is 2.25. The van der Waals surface area contributed by atoms with E-state index in [0.717, 1.165) is 11.3 Å². The summed E-state index contributed by atoms with van der Waals surface area (Å²) in [4.78, 5) is 12.0. The van der Waals surface area contributed by atoms with Gasteiger partial charge in [-0.3, -0.25) is 0 Å². The van der Waals surface area contributed by atoms with Gasteiger partial charge in [0.05, 0.1) is 12.6 Å². The molecule has 0 unspecified atom stereocenters. The molecule has 1 aromatic rings. The van der Waals surface area contributed by atoms with Gasteiger partial charge in [-0.15, -0.1) is 0 Å². The third kappa shape index (κ3) is 5.19. The second-order valence-corrected chi connectivity index (χ2v) is 6.55. The summed E-state index contributed by atoms with van der Waals surface area (Å²) >= 11 is 1.65. The number of rotatable bonds is 6. The number of amides is 1. The smallest absolute Gasteiger partial charge is 0.407 e. The maximum absolute atomic E-state index is 12.0. The Bertz CT molecular complexity index is 480. The number of hydrogen-bond donors (Lipinski definition) is 1. The highest BCUT2D eigenvalue weighted by Gasteiger charge is 2.38. The first kappa shape index (κ1) is 17.1. The van der Waals surface area contributed by atoms with Crippen molar-refractivity contribution in [1.82, 2.24) is 5.32 Å². The highest BCUT2D eigenvalue weighted by Crippen LogP contribution is 2.25. The molecule has 0 aliphatic carbocycles. The number of ether oxygens (including phenoxy) is 3. The van der Waals surface area contributed by atoms with Crippen molar-refractivity contribution in [3.63, 3.8) is 0 Å². The van der Waals surface area contributed by atoms with Crippen LogP contribution in [-0.2, 0) is 20.8 Å². The molecule has 1 saturated heterocycles. The molecule has 22 heavy (non-hydrogen) atoms. The number of carbonyl (C=O) groups is 1. The van der Waals surface area contributed by atoms with Crippen molar-refractivity contribution in [1.29, 1.82) is 0 Å². The summed E-state index contributed by atoms with van der Waals surface area (Å²) in [7, 11) is 0. The van der Waals surface area contributed by atoms with Crippen molar-refractivity contribution in [2.75, 3.05) is 18.6 Å². The molecule has 1 aliphatic rings. The quantitative estimate of drug-likeness (QED) is 0.871. The Labute approximate surface area is 135 Å². The van der Waals surface area contributed by atoms with Crippen LogP contribution in [0, 0.1) is 0 Å². The number of benzene rings is 1. The number of hydrogen-bond acceptors (Lipinski definition) is 5. The largest absolute Gasteiger partial charge is 0.445 e. The van der Waals surface area contributed by atoms with Crippen LogP contribution in [0.1, 0.15) is 19.4 Å². The monoisotopic (exact) mass is 325 g/mol. The van der Waals surface area contributed by atoms with Crippen LogP contribution in [0.5, 0.6) is 0 Å². The summed E-state index contributed by atoms with van der Waals surface area (Å²) < 4.78 is 16.6. The van der Waals surface area contributed by atoms with Gasteiger partial charge in [0.15, 0.2) is 5.79 Å². The van der Waals surface area contributed by atoms with Crippen molar-refractivity contribution in [2.45, 2.75) is 38.4 Å². The fraction of sp³-hybridized carbons (Fsp3) is 0.562. The zero-order chi connectivity index (χ0) is 16.0. The Kier molecular flexibility index (Phi) is 6.11. The topological polar surface area (TPSA) is 56.8 Å². The molecular weight excluding hydrogens is 302 g/mol. The van der Waals surface area contributed by atoms with E-state index in [4.69, 9.17) is 14.2 Å². The Morgan fingerprint density at radius 1 is 1.45 bits per heavy atom. The van der Waals surface area contributed by atoms with Crippen LogP contribution in [0.4, 0.5) is 4.79 Å². The van der Waals surface area contributed by atoms with Crippen LogP contribution >= 0.6 is 11.8 Å². The molecule has 1 aromatic carbocycles. The first-order valence-corrected chi connectivity index (χ1v) is 8.67. The molecule has 1 fully saturated rings. The van der Waals surface area contributed by atoms with Crippen molar-refractivity contribution in [3.05, 3.63) is 35.9 Å². The molecule has 0 spiro atoms. The minimum Gasteiger partial charge on any atom is -0.445 e. The normalized spacial score (nSPS) is 21.3. The standard InChI is InChI=1S/C16H23NO4S/c1-16(2)20-10-14(21-16)13(11-22-3)17-15(18)19-9-12-7-5-4-6-8-12/h4-8,13-14H,9-11H2,1-3H3,(H,17,18)/t13-,14-/m0/s1. The number of alkyl carbamates (subject to hydrolysis) is 1. The van der Waals surface area contributed by atoms with Crippen LogP contribution in [0.25, 0.3) is 0 Å². The van der Waals surface area contributed by atoms with E-state index >= 15 is 0 Å². The Morgan fingerprint density at radius 2 is 2.18 bits per heavy atom. The first-order chi connectivity index (χ1) is 10.5. The van der Waals surface area contributed by atoms with Crippen molar-refractivity contribution in [2.24, 2.45) is 0 Å². The Morgan fingerprint density at radius 3 is 2.77 bits per heavy atom. The highest BCUT2D eigenvalue weighted by molar-refractivity contribution is 7.98. The summed E-state index contributed by atoms with van der Waals surface area (Å²) in [6, 6.07) is 9.46. The minimum atomic E-state index is -0.600. The van der Waals surface area contributed by atoms with Gasteiger partial charge in [-0.1, -0.05) is 30.3 Å². The maximum Gasteiger partial charge on any atom is 0.407 e. The molecule has 2 atom stereocenters. The third-order valence-electron chi connectivity index (χ3n) is 3.34. The lowest BCUT2D eigenvalue weighted by molar-refractivity contribution is -0.140. The van der Waals surface area contributed by atoms with E-state index in [-0.39, 0.29) is 18.8 Å². The summed E-state index contributed by atoms with van der Waals surface area (Å²) in [6.07, 6.45) is 1.40. The van der Waals surface area contributed by atoms with Gasteiger partial charge >= 0.3 is 6.09 Å². The lowest BCUT2D eigenvalue weighted by atomic mass is 10.2. The van der Waals surface area contributed by atoms with Gasteiger partial charge in [-0.25, -0.2) is 4.79 Å². The van der Waals surface area contributed by atoms with Gasteiger partial charge < -0.3 is 19.5 Å². The first-order valence-electron chi connectivity index (χ1n) is 7.28.